The van der Waals surface area contributed by atoms with E-state index in [4.69, 9.17) is 37.0 Å². The summed E-state index contributed by atoms with van der Waals surface area (Å²) in [6.45, 7) is 7.18. The Bertz CT molecular complexity index is 1710. The lowest BCUT2D eigenvalue weighted by Crippen LogP contribution is -2.30. The number of hydrogen-bond acceptors (Lipinski definition) is 15. The van der Waals surface area contributed by atoms with Crippen LogP contribution in [-0.2, 0) is 65.4 Å². The molecule has 0 aromatic heterocycles. The predicted molar refractivity (Wildman–Crippen MR) is 354 cm³/mol. The number of aliphatic hydroxyl groups excluding tert-OH is 1. The highest BCUT2D eigenvalue weighted by Gasteiger charge is 2.30. The minimum atomic E-state index is -4.95. The van der Waals surface area contributed by atoms with Gasteiger partial charge in [0.2, 0.25) is 0 Å². The van der Waals surface area contributed by atoms with Crippen molar-refractivity contribution in [3.8, 4) is 0 Å². The molecule has 3 unspecified atom stereocenters. The summed E-state index contributed by atoms with van der Waals surface area (Å²) in [6.07, 6.45) is 48.5. The number of esters is 4. The number of ether oxygens (including phenoxy) is 4. The summed E-state index contributed by atoms with van der Waals surface area (Å²) in [5, 5.41) is 10.6. The number of rotatable bonds is 69. The molecule has 0 aliphatic carbocycles. The Labute approximate surface area is 537 Å². The molecule has 522 valence electrons. The summed E-state index contributed by atoms with van der Waals surface area (Å²) >= 11 is 0. The molecule has 3 N–H and O–H groups in total. The van der Waals surface area contributed by atoms with Gasteiger partial charge in [-0.3, -0.25) is 37.3 Å². The normalized spacial score (nSPS) is 14.4. The Morgan fingerprint density at radius 3 is 0.807 bits per heavy atom. The highest BCUT2D eigenvalue weighted by molar-refractivity contribution is 7.47. The number of phosphoric acid groups is 2. The van der Waals surface area contributed by atoms with Crippen LogP contribution in [0.1, 0.15) is 356 Å². The van der Waals surface area contributed by atoms with Gasteiger partial charge >= 0.3 is 39.5 Å². The van der Waals surface area contributed by atoms with Crippen LogP contribution in [0, 0.1) is 5.92 Å². The van der Waals surface area contributed by atoms with Crippen molar-refractivity contribution in [1.82, 2.24) is 0 Å². The third-order valence-corrected chi connectivity index (χ3v) is 18.3. The summed E-state index contributed by atoms with van der Waals surface area (Å²) in [7, 11) is -9.89. The van der Waals surface area contributed by atoms with Crippen molar-refractivity contribution in [2.24, 2.45) is 5.92 Å². The monoisotopic (exact) mass is 1300 g/mol. The highest BCUT2D eigenvalue weighted by Crippen LogP contribution is 2.45. The standard InChI is InChI=1S/C69H134O17P2/c1-6-10-13-16-19-22-24-26-28-30-32-35-38-44-49-54-68(73)85-64(58-80-67(72)53-48-43-37-34-31-29-27-25-23-20-17-14-11-7-2)60-83-87(75,76)81-56-63(70)57-82-88(77,78)84-61-65(59-79-66(71)52-47-42-36-33-21-18-15-12-8-3)86-69(74)55-50-45-40-39-41-46-51-62(5)9-4/h62-65,70H,6-61H2,1-5H3,(H,75,76)(H,77,78)/t62?,63-,64-,65-/m1/s1. The number of phosphoric ester groups is 2. The number of hydrogen-bond donors (Lipinski definition) is 3. The van der Waals surface area contributed by atoms with E-state index in [1.807, 2.05) is 0 Å². The number of unbranched alkanes of at least 4 members (excludes halogenated alkanes) is 40. The fourth-order valence-electron chi connectivity index (χ4n) is 10.4. The third kappa shape index (κ3) is 61.6. The van der Waals surface area contributed by atoms with Crippen molar-refractivity contribution in [3.63, 3.8) is 0 Å². The molecule has 0 bridgehead atoms. The largest absolute Gasteiger partial charge is 0.472 e. The predicted octanol–water partition coefficient (Wildman–Crippen LogP) is 19.7. The maximum atomic E-state index is 13.0. The molecule has 0 fully saturated rings. The Hall–Kier alpha value is -1.94. The molecular weight excluding hydrogens is 1160 g/mol. The number of carbonyl (C=O) groups is 4. The molecule has 17 nitrogen and oxygen atoms in total. The number of aliphatic hydroxyl groups is 1. The SMILES string of the molecule is CCCCCCCCCCCCCCCCCC(=O)O[C@H](COC(=O)CCCCCCCCCCCCCCCC)COP(=O)(O)OC[C@@H](O)COP(=O)(O)OC[C@@H](COC(=O)CCCCCCCCCCC)OC(=O)CCCCCCCCC(C)CC. The first-order valence-electron chi connectivity index (χ1n) is 36.2. The molecule has 0 aromatic carbocycles. The van der Waals surface area contributed by atoms with Gasteiger partial charge in [0.05, 0.1) is 26.4 Å². The second kappa shape index (κ2) is 62.5. The summed E-state index contributed by atoms with van der Waals surface area (Å²) in [6, 6.07) is 0. The van der Waals surface area contributed by atoms with E-state index in [1.54, 1.807) is 0 Å². The average molecular weight is 1300 g/mol. The van der Waals surface area contributed by atoms with Crippen LogP contribution in [0.5, 0.6) is 0 Å². The lowest BCUT2D eigenvalue weighted by molar-refractivity contribution is -0.161. The van der Waals surface area contributed by atoms with Gasteiger partial charge in [-0.25, -0.2) is 9.13 Å². The van der Waals surface area contributed by atoms with Crippen molar-refractivity contribution in [3.05, 3.63) is 0 Å². The smallest absolute Gasteiger partial charge is 0.462 e. The van der Waals surface area contributed by atoms with Crippen molar-refractivity contribution in [1.29, 1.82) is 0 Å². The highest BCUT2D eigenvalue weighted by atomic mass is 31.2. The summed E-state index contributed by atoms with van der Waals surface area (Å²) < 4.78 is 68.2. The van der Waals surface area contributed by atoms with E-state index in [1.165, 1.54) is 180 Å². The molecule has 0 aromatic rings. The van der Waals surface area contributed by atoms with E-state index in [0.29, 0.717) is 25.7 Å². The van der Waals surface area contributed by atoms with Gasteiger partial charge in [0.25, 0.3) is 0 Å². The minimum absolute atomic E-state index is 0.103. The van der Waals surface area contributed by atoms with Crippen LogP contribution in [0.15, 0.2) is 0 Å². The Morgan fingerprint density at radius 1 is 0.318 bits per heavy atom. The van der Waals surface area contributed by atoms with Crippen LogP contribution in [0.2, 0.25) is 0 Å². The van der Waals surface area contributed by atoms with Gasteiger partial charge in [-0.1, -0.05) is 304 Å². The second-order valence-electron chi connectivity index (χ2n) is 25.2. The molecule has 0 heterocycles. The zero-order valence-electron chi connectivity index (χ0n) is 56.9. The van der Waals surface area contributed by atoms with E-state index in [9.17, 15) is 43.2 Å². The molecule has 0 saturated carbocycles. The maximum Gasteiger partial charge on any atom is 0.472 e. The first-order valence-corrected chi connectivity index (χ1v) is 39.2. The first-order chi connectivity index (χ1) is 42.6. The second-order valence-corrected chi connectivity index (χ2v) is 28.1. The lowest BCUT2D eigenvalue weighted by atomic mass is 10.00. The van der Waals surface area contributed by atoms with Crippen LogP contribution in [0.3, 0.4) is 0 Å². The fraction of sp³-hybridized carbons (Fsp3) is 0.942. The Morgan fingerprint density at radius 2 is 0.545 bits per heavy atom. The molecule has 0 aliphatic rings. The molecule has 0 rings (SSSR count). The molecule has 88 heavy (non-hydrogen) atoms. The van der Waals surface area contributed by atoms with Crippen molar-refractivity contribution in [2.45, 2.75) is 374 Å². The van der Waals surface area contributed by atoms with Crippen LogP contribution in [0.4, 0.5) is 0 Å². The molecule has 6 atom stereocenters. The summed E-state index contributed by atoms with van der Waals surface area (Å²) in [5.41, 5.74) is 0. The summed E-state index contributed by atoms with van der Waals surface area (Å²) in [4.78, 5) is 72.4. The Kier molecular flexibility index (Phi) is 61.1. The van der Waals surface area contributed by atoms with Gasteiger partial charge in [0.1, 0.15) is 19.3 Å². The minimum Gasteiger partial charge on any atom is -0.462 e. The molecule has 0 saturated heterocycles. The third-order valence-electron chi connectivity index (χ3n) is 16.4. The van der Waals surface area contributed by atoms with Crippen LogP contribution < -0.4 is 0 Å². The van der Waals surface area contributed by atoms with Gasteiger partial charge in [-0.15, -0.1) is 0 Å². The quantitative estimate of drug-likeness (QED) is 0.0222. The zero-order chi connectivity index (χ0) is 64.9. The first kappa shape index (κ1) is 86.1. The van der Waals surface area contributed by atoms with E-state index < -0.39 is 97.5 Å². The molecule has 0 radical (unpaired) electrons. The van der Waals surface area contributed by atoms with Crippen molar-refractivity contribution < 1.29 is 80.2 Å². The lowest BCUT2D eigenvalue weighted by Gasteiger charge is -2.21. The van der Waals surface area contributed by atoms with Gasteiger partial charge in [0.15, 0.2) is 12.2 Å². The maximum absolute atomic E-state index is 13.0. The number of carbonyl (C=O) groups excluding carboxylic acids is 4. The molecule has 19 heteroatoms. The zero-order valence-corrected chi connectivity index (χ0v) is 58.6. The van der Waals surface area contributed by atoms with Crippen LogP contribution in [0.25, 0.3) is 0 Å². The topological polar surface area (TPSA) is 237 Å². The Balaban J connectivity index is 5.23. The van der Waals surface area contributed by atoms with Gasteiger partial charge in [-0.05, 0) is 31.6 Å². The van der Waals surface area contributed by atoms with Crippen LogP contribution in [-0.4, -0.2) is 96.7 Å². The fourth-order valence-corrected chi connectivity index (χ4v) is 12.0. The van der Waals surface area contributed by atoms with Crippen LogP contribution >= 0.6 is 15.6 Å². The van der Waals surface area contributed by atoms with Crippen molar-refractivity contribution in [2.75, 3.05) is 39.6 Å². The summed E-state index contributed by atoms with van der Waals surface area (Å²) in [5.74, 6) is -1.41. The molecule has 0 amide bonds. The molecule has 0 spiro atoms. The average Bonchev–Trinajstić information content (AvgIpc) is 3.55. The van der Waals surface area contributed by atoms with Crippen molar-refractivity contribution >= 4 is 39.5 Å². The van der Waals surface area contributed by atoms with E-state index in [-0.39, 0.29) is 25.7 Å². The van der Waals surface area contributed by atoms with Gasteiger partial charge in [-0.2, -0.15) is 0 Å². The van der Waals surface area contributed by atoms with Gasteiger partial charge < -0.3 is 33.8 Å². The van der Waals surface area contributed by atoms with Gasteiger partial charge in [0, 0.05) is 25.7 Å². The molecular formula is C69H134O17P2. The van der Waals surface area contributed by atoms with E-state index >= 15 is 0 Å². The van der Waals surface area contributed by atoms with E-state index in [0.717, 1.165) is 95.8 Å². The van der Waals surface area contributed by atoms with E-state index in [2.05, 4.69) is 34.6 Å². The molecule has 0 aliphatic heterocycles.